The summed E-state index contributed by atoms with van der Waals surface area (Å²) in [6.45, 7) is 2.71. The molecule has 92 valence electrons. The quantitative estimate of drug-likeness (QED) is 0.605. The second-order valence-electron chi connectivity index (χ2n) is 3.95. The summed E-state index contributed by atoms with van der Waals surface area (Å²) < 4.78 is 10.8. The van der Waals surface area contributed by atoms with Gasteiger partial charge < -0.3 is 9.47 Å². The fourth-order valence-electron chi connectivity index (χ4n) is 2.11. The summed E-state index contributed by atoms with van der Waals surface area (Å²) in [4.78, 5) is 12.9. The van der Waals surface area contributed by atoms with E-state index in [2.05, 4.69) is 0 Å². The number of hydrogen-bond donors (Lipinski definition) is 0. The van der Waals surface area contributed by atoms with Crippen molar-refractivity contribution in [2.45, 2.75) is 13.5 Å². The molecule has 0 N–H and O–H groups in total. The molecule has 0 saturated heterocycles. The molecule has 0 fully saturated rings. The highest BCUT2D eigenvalue weighted by Gasteiger charge is 2.33. The zero-order valence-corrected chi connectivity index (χ0v) is 10.8. The van der Waals surface area contributed by atoms with Gasteiger partial charge in [0.25, 0.3) is 0 Å². The highest BCUT2D eigenvalue weighted by atomic mass is 32.2. The van der Waals surface area contributed by atoms with E-state index in [1.807, 2.05) is 42.6 Å². The molecule has 3 rings (SSSR count). The van der Waals surface area contributed by atoms with E-state index < -0.39 is 10.5 Å². The molecule has 2 aromatic rings. The van der Waals surface area contributed by atoms with Crippen LogP contribution in [0.5, 0.6) is 5.75 Å². The van der Waals surface area contributed by atoms with E-state index in [4.69, 9.17) is 9.47 Å². The molecule has 1 aliphatic rings. The van der Waals surface area contributed by atoms with Gasteiger partial charge in [-0.25, -0.2) is 0 Å². The lowest BCUT2D eigenvalue weighted by Crippen LogP contribution is -2.05. The van der Waals surface area contributed by atoms with Crippen molar-refractivity contribution in [3.63, 3.8) is 0 Å². The lowest BCUT2D eigenvalue weighted by atomic mass is 10.0. The highest BCUT2D eigenvalue weighted by Crippen LogP contribution is 2.44. The molecular weight excluding hydrogens is 248 g/mol. The van der Waals surface area contributed by atoms with Gasteiger partial charge in [-0.2, -0.15) is 4.79 Å². The van der Waals surface area contributed by atoms with E-state index in [1.165, 1.54) is 0 Å². The zero-order valence-electron chi connectivity index (χ0n) is 10.0. The average molecular weight is 261 g/mol. The first-order chi connectivity index (χ1) is 8.81. The first-order valence-electron chi connectivity index (χ1n) is 5.84. The summed E-state index contributed by atoms with van der Waals surface area (Å²) in [5.41, 5.74) is 2.18. The minimum absolute atomic E-state index is 0.165. The molecule has 0 radical (unpaired) electrons. The Morgan fingerprint density at radius 3 is 3.00 bits per heavy atom. The summed E-state index contributed by atoms with van der Waals surface area (Å²) in [5, 5.41) is 1.76. The van der Waals surface area contributed by atoms with Gasteiger partial charge in [0.15, 0.2) is 12.0 Å². The second kappa shape index (κ2) is 4.46. The number of carbonyl (C=O) groups is 1. The summed E-state index contributed by atoms with van der Waals surface area (Å²) >= 11 is 0. The van der Waals surface area contributed by atoms with Crippen LogP contribution in [0.4, 0.5) is 4.79 Å². The first kappa shape index (κ1) is 11.3. The molecule has 1 aliphatic heterocycles. The molecule has 4 heteroatoms. The number of thiophene rings is 1. The molecule has 0 amide bonds. The average Bonchev–Trinajstić information content (AvgIpc) is 2.83. The van der Waals surface area contributed by atoms with Crippen molar-refractivity contribution in [3.8, 4) is 16.9 Å². The van der Waals surface area contributed by atoms with Crippen molar-refractivity contribution in [1.82, 2.24) is 0 Å². The topological polar surface area (TPSA) is 35.5 Å². The van der Waals surface area contributed by atoms with Gasteiger partial charge in [-0.3, -0.25) is 0 Å². The van der Waals surface area contributed by atoms with Crippen LogP contribution in [0.1, 0.15) is 11.8 Å². The number of carbonyl (C=O) groups excluding carboxylic acids is 1. The van der Waals surface area contributed by atoms with E-state index in [0.717, 1.165) is 21.8 Å². The van der Waals surface area contributed by atoms with E-state index in [0.29, 0.717) is 13.2 Å². The normalized spacial score (nSPS) is 13.3. The summed E-state index contributed by atoms with van der Waals surface area (Å²) in [6, 6.07) is 9.91. The Hall–Kier alpha value is -1.81. The Morgan fingerprint density at radius 1 is 1.33 bits per heavy atom. The van der Waals surface area contributed by atoms with Crippen molar-refractivity contribution >= 4 is 15.8 Å². The Labute approximate surface area is 108 Å². The van der Waals surface area contributed by atoms with E-state index in [-0.39, 0.29) is 5.30 Å². The number of rotatable bonds is 2. The van der Waals surface area contributed by atoms with E-state index >= 15 is 0 Å². The molecular formula is C14H13O3S+. The number of hydrogen-bond acceptors (Lipinski definition) is 3. The molecule has 3 nitrogen and oxygen atoms in total. The van der Waals surface area contributed by atoms with Crippen LogP contribution in [0.15, 0.2) is 35.7 Å². The molecule has 0 aliphatic carbocycles. The van der Waals surface area contributed by atoms with Crippen molar-refractivity contribution in [3.05, 3.63) is 40.6 Å². The predicted molar refractivity (Wildman–Crippen MR) is 71.1 cm³/mol. The number of ether oxygens (including phenoxy) is 2. The van der Waals surface area contributed by atoms with E-state index in [1.54, 1.807) is 0 Å². The van der Waals surface area contributed by atoms with Gasteiger partial charge >= 0.3 is 5.30 Å². The van der Waals surface area contributed by atoms with Gasteiger partial charge in [-0.05, 0) is 13.0 Å². The highest BCUT2D eigenvalue weighted by molar-refractivity contribution is 7.49. The van der Waals surface area contributed by atoms with Gasteiger partial charge in [0, 0.05) is 17.2 Å². The molecule has 0 spiro atoms. The van der Waals surface area contributed by atoms with Crippen LogP contribution in [0.2, 0.25) is 0 Å². The van der Waals surface area contributed by atoms with Crippen LogP contribution in [0, 0.1) is 0 Å². The lowest BCUT2D eigenvalue weighted by Gasteiger charge is -2.14. The van der Waals surface area contributed by atoms with Crippen LogP contribution in [0.3, 0.4) is 0 Å². The van der Waals surface area contributed by atoms with Gasteiger partial charge in [0.05, 0.1) is 6.61 Å². The van der Waals surface area contributed by atoms with Crippen molar-refractivity contribution in [2.24, 2.45) is 0 Å². The predicted octanol–water partition coefficient (Wildman–Crippen LogP) is 4.00. The Kier molecular flexibility index (Phi) is 2.80. The maximum absolute atomic E-state index is 11.9. The van der Waals surface area contributed by atoms with Crippen molar-refractivity contribution in [2.75, 3.05) is 6.61 Å². The molecule has 1 atom stereocenters. The van der Waals surface area contributed by atoms with Gasteiger partial charge in [-0.15, -0.1) is 0 Å². The third-order valence-corrected chi connectivity index (χ3v) is 4.67. The first-order valence-corrected chi connectivity index (χ1v) is 7.13. The maximum atomic E-state index is 11.9. The SMILES string of the molecule is CCOC(=O)[s+]1ccc2c1COc1ccccc1-2. The van der Waals surface area contributed by atoms with Gasteiger partial charge in [-0.1, -0.05) is 18.2 Å². The van der Waals surface area contributed by atoms with Crippen LogP contribution in [0.25, 0.3) is 11.1 Å². The zero-order chi connectivity index (χ0) is 12.5. The molecule has 18 heavy (non-hydrogen) atoms. The van der Waals surface area contributed by atoms with E-state index in [9.17, 15) is 4.79 Å². The van der Waals surface area contributed by atoms with Crippen LogP contribution in [-0.2, 0) is 11.3 Å². The molecule has 2 heterocycles. The third kappa shape index (κ3) is 1.69. The molecule has 1 unspecified atom stereocenters. The molecule has 0 saturated carbocycles. The van der Waals surface area contributed by atoms with Crippen LogP contribution in [-0.4, -0.2) is 11.9 Å². The summed E-state index contributed by atoms with van der Waals surface area (Å²) in [5.74, 6) is 0.884. The minimum atomic E-state index is -0.583. The van der Waals surface area contributed by atoms with Crippen LogP contribution >= 0.6 is 10.5 Å². The Balaban J connectivity index is 2.07. The minimum Gasteiger partial charge on any atom is -0.483 e. The van der Waals surface area contributed by atoms with Crippen LogP contribution < -0.4 is 4.74 Å². The van der Waals surface area contributed by atoms with Gasteiger partial charge in [0.2, 0.25) is 4.88 Å². The molecule has 1 aromatic heterocycles. The molecule has 0 bridgehead atoms. The summed E-state index contributed by atoms with van der Waals surface area (Å²) in [6.07, 6.45) is 0. The fraction of sp³-hybridized carbons (Fsp3) is 0.214. The number of fused-ring (bicyclic) bond motifs is 3. The Bertz CT molecular complexity index is 601. The molecule has 1 aromatic carbocycles. The maximum Gasteiger partial charge on any atom is 0.554 e. The lowest BCUT2D eigenvalue weighted by molar-refractivity contribution is 0.180. The van der Waals surface area contributed by atoms with Crippen molar-refractivity contribution in [1.29, 1.82) is 0 Å². The third-order valence-electron chi connectivity index (χ3n) is 2.91. The largest absolute Gasteiger partial charge is 0.554 e. The summed E-state index contributed by atoms with van der Waals surface area (Å²) in [7, 11) is -0.583. The van der Waals surface area contributed by atoms with Gasteiger partial charge in [0.1, 0.15) is 16.2 Å². The second-order valence-corrected chi connectivity index (χ2v) is 5.72. The smallest absolute Gasteiger partial charge is 0.483 e. The Morgan fingerprint density at radius 2 is 2.17 bits per heavy atom. The number of benzene rings is 1. The van der Waals surface area contributed by atoms with Crippen molar-refractivity contribution < 1.29 is 14.3 Å². The fourth-order valence-corrected chi connectivity index (χ4v) is 3.70. The standard InChI is InChI=1S/C14H13O3S/c1-2-16-14(15)18-8-7-11-10-5-3-4-6-12(10)17-9-13(11)18/h3-8H,2,9H2,1H3/q+1. The number of para-hydroxylation sites is 1. The monoisotopic (exact) mass is 261 g/mol.